The van der Waals surface area contributed by atoms with E-state index in [0.29, 0.717) is 0 Å². The molecule has 4 nitrogen and oxygen atoms in total. The average Bonchev–Trinajstić information content (AvgIpc) is 1.98. The van der Waals surface area contributed by atoms with Gasteiger partial charge in [0.05, 0.1) is 7.11 Å². The number of rotatable bonds is 4. The van der Waals surface area contributed by atoms with Gasteiger partial charge in [0.2, 0.25) is 0 Å². The van der Waals surface area contributed by atoms with Crippen LogP contribution in [-0.2, 0) is 9.53 Å². The van der Waals surface area contributed by atoms with Crippen LogP contribution in [0.15, 0.2) is 0 Å². The predicted octanol–water partition coefficient (Wildman–Crippen LogP) is -0.749. The largest absolute Gasteiger partial charge is 0.468 e. The van der Waals surface area contributed by atoms with E-state index in [9.17, 15) is 4.79 Å². The monoisotopic (exact) mass is 162 g/mol. The van der Waals surface area contributed by atoms with Gasteiger partial charge in [-0.05, 0) is 0 Å². The fourth-order valence-electron chi connectivity index (χ4n) is 0.755. The summed E-state index contributed by atoms with van der Waals surface area (Å²) >= 11 is 0. The molecule has 0 aliphatic carbocycles. The highest BCUT2D eigenvalue weighted by Crippen LogP contribution is 1.89. The lowest BCUT2D eigenvalue weighted by Crippen LogP contribution is -2.44. The molecular weight excluding hydrogens is 146 g/mol. The fourth-order valence-corrected chi connectivity index (χ4v) is 0.755. The van der Waals surface area contributed by atoms with Crippen LogP contribution < -0.4 is 5.32 Å². The van der Waals surface area contributed by atoms with Crippen LogP contribution in [-0.4, -0.2) is 36.9 Å². The van der Waals surface area contributed by atoms with E-state index in [2.05, 4.69) is 10.1 Å². The van der Waals surface area contributed by atoms with Crippen LogP contribution in [0.1, 0.15) is 13.8 Å². The quantitative estimate of drug-likeness (QED) is 0.437. The van der Waals surface area contributed by atoms with Gasteiger partial charge in [0.15, 0.2) is 12.6 Å². The molecule has 0 spiro atoms. The summed E-state index contributed by atoms with van der Waals surface area (Å²) in [5.74, 6) is -0.367. The van der Waals surface area contributed by atoms with Gasteiger partial charge in [0, 0.05) is 6.04 Å². The standard InChI is InChI=1S/C7H15NO3/c1-5(2)8-6(4-9)7(10)11-3/h5-6,8-9H,4H2,1-3H3/p+1. The third-order valence-electron chi connectivity index (χ3n) is 1.22. The zero-order chi connectivity index (χ0) is 8.85. The molecule has 0 bridgehead atoms. The number of carbonyl (C=O) groups is 1. The number of nitrogens with one attached hydrogen (secondary N) is 1. The highest BCUT2D eigenvalue weighted by Gasteiger charge is 2.20. The smallest absolute Gasteiger partial charge is 0.330 e. The second kappa shape index (κ2) is 5.09. The topological polar surface area (TPSA) is 61.2 Å². The van der Waals surface area contributed by atoms with Crippen LogP contribution in [0, 0.1) is 0 Å². The van der Waals surface area contributed by atoms with Crippen LogP contribution in [0.4, 0.5) is 0 Å². The number of hydrogen-bond donors (Lipinski definition) is 1. The lowest BCUT2D eigenvalue weighted by molar-refractivity contribution is -0.144. The zero-order valence-electron chi connectivity index (χ0n) is 7.18. The molecule has 0 aliphatic heterocycles. The van der Waals surface area contributed by atoms with Crippen molar-refractivity contribution in [2.75, 3.05) is 13.7 Å². The Morgan fingerprint density at radius 3 is 2.45 bits per heavy atom. The summed E-state index contributed by atoms with van der Waals surface area (Å²) in [6.07, 6.45) is 0. The van der Waals surface area contributed by atoms with E-state index in [0.717, 1.165) is 0 Å². The minimum Gasteiger partial charge on any atom is -0.468 e. The van der Waals surface area contributed by atoms with Crippen molar-refractivity contribution in [2.45, 2.75) is 25.9 Å². The molecule has 1 unspecified atom stereocenters. The first-order chi connectivity index (χ1) is 5.11. The van der Waals surface area contributed by atoms with E-state index >= 15 is 0 Å². The number of esters is 1. The lowest BCUT2D eigenvalue weighted by Gasteiger charge is -2.14. The summed E-state index contributed by atoms with van der Waals surface area (Å²) < 4.78 is 4.48. The summed E-state index contributed by atoms with van der Waals surface area (Å²) in [6.45, 7) is 3.86. The molecule has 0 aromatic rings. The molecule has 0 aromatic heterocycles. The van der Waals surface area contributed by atoms with E-state index in [4.69, 9.17) is 5.11 Å². The second-order valence-electron chi connectivity index (χ2n) is 2.60. The van der Waals surface area contributed by atoms with Crippen molar-refractivity contribution in [3.63, 3.8) is 0 Å². The molecule has 11 heavy (non-hydrogen) atoms. The van der Waals surface area contributed by atoms with Crippen molar-refractivity contribution in [3.8, 4) is 0 Å². The molecule has 0 radical (unpaired) electrons. The van der Waals surface area contributed by atoms with E-state index in [-0.39, 0.29) is 18.6 Å². The van der Waals surface area contributed by atoms with Gasteiger partial charge >= 0.3 is 5.97 Å². The molecule has 4 heteroatoms. The Labute approximate surface area is 66.5 Å². The number of methoxy groups -OCH3 is 1. The van der Waals surface area contributed by atoms with Crippen LogP contribution in [0.2, 0.25) is 0 Å². The van der Waals surface area contributed by atoms with Gasteiger partial charge in [0.1, 0.15) is 0 Å². The van der Waals surface area contributed by atoms with E-state index < -0.39 is 6.04 Å². The summed E-state index contributed by atoms with van der Waals surface area (Å²) in [6, 6.07) is -0.288. The van der Waals surface area contributed by atoms with Crippen LogP contribution in [0.5, 0.6) is 0 Å². The first-order valence-electron chi connectivity index (χ1n) is 3.60. The Kier molecular flexibility index (Phi) is 4.81. The molecule has 66 valence electrons. The second-order valence-corrected chi connectivity index (χ2v) is 2.60. The molecule has 0 fully saturated rings. The van der Waals surface area contributed by atoms with Crippen LogP contribution >= 0.6 is 0 Å². The van der Waals surface area contributed by atoms with Gasteiger partial charge in [0.25, 0.3) is 0 Å². The third-order valence-corrected chi connectivity index (χ3v) is 1.22. The van der Waals surface area contributed by atoms with E-state index in [1.807, 2.05) is 13.8 Å². The van der Waals surface area contributed by atoms with Crippen molar-refractivity contribution in [2.24, 2.45) is 0 Å². The molecule has 0 aromatic carbocycles. The van der Waals surface area contributed by atoms with E-state index in [1.165, 1.54) is 7.11 Å². The SMILES string of the molecule is COC(=O)C(C[OH2+])NC(C)C. The number of carbonyl (C=O) groups excluding carboxylic acids is 1. The van der Waals surface area contributed by atoms with Crippen molar-refractivity contribution in [3.05, 3.63) is 0 Å². The average molecular weight is 162 g/mol. The fraction of sp³-hybridized carbons (Fsp3) is 0.857. The zero-order valence-corrected chi connectivity index (χ0v) is 7.18. The maximum atomic E-state index is 10.9. The molecule has 0 saturated heterocycles. The van der Waals surface area contributed by atoms with Crippen molar-refractivity contribution >= 4 is 5.97 Å². The minimum atomic E-state index is -0.486. The number of hydrogen-bond acceptors (Lipinski definition) is 3. The van der Waals surface area contributed by atoms with Gasteiger partial charge in [-0.2, -0.15) is 0 Å². The van der Waals surface area contributed by atoms with Crippen LogP contribution in [0.3, 0.4) is 0 Å². The number of ether oxygens (including phenoxy) is 1. The first kappa shape index (κ1) is 10.4. The molecule has 0 saturated carbocycles. The molecule has 1 atom stereocenters. The Morgan fingerprint density at radius 1 is 1.64 bits per heavy atom. The maximum Gasteiger partial charge on any atom is 0.330 e. The first-order valence-corrected chi connectivity index (χ1v) is 3.60. The maximum absolute atomic E-state index is 10.9. The van der Waals surface area contributed by atoms with Crippen molar-refractivity contribution < 1.29 is 14.6 Å². The molecule has 0 amide bonds. The van der Waals surface area contributed by atoms with E-state index in [1.54, 1.807) is 0 Å². The summed E-state index contributed by atoms with van der Waals surface area (Å²) in [7, 11) is 1.33. The Hall–Kier alpha value is -0.610. The van der Waals surface area contributed by atoms with Crippen molar-refractivity contribution in [1.29, 1.82) is 0 Å². The predicted molar refractivity (Wildman–Crippen MR) is 42.6 cm³/mol. The highest BCUT2D eigenvalue weighted by molar-refractivity contribution is 5.75. The Morgan fingerprint density at radius 2 is 2.18 bits per heavy atom. The normalized spacial score (nSPS) is 13.2. The highest BCUT2D eigenvalue weighted by atomic mass is 16.5. The van der Waals surface area contributed by atoms with Gasteiger partial charge in [-0.3, -0.25) is 10.1 Å². The molecular formula is C7H16NO3+. The minimum absolute atomic E-state index is 0.0187. The molecule has 0 rings (SSSR count). The van der Waals surface area contributed by atoms with Crippen molar-refractivity contribution in [1.82, 2.24) is 5.32 Å². The molecule has 0 heterocycles. The summed E-state index contributed by atoms with van der Waals surface area (Å²) in [5, 5.41) is 9.94. The van der Waals surface area contributed by atoms with Gasteiger partial charge < -0.3 is 9.84 Å². The Bertz CT molecular complexity index is 125. The Balaban J connectivity index is 3.84. The van der Waals surface area contributed by atoms with Crippen LogP contribution in [0.25, 0.3) is 0 Å². The van der Waals surface area contributed by atoms with Gasteiger partial charge in [-0.1, -0.05) is 13.8 Å². The van der Waals surface area contributed by atoms with Gasteiger partial charge in [-0.25, -0.2) is 0 Å². The van der Waals surface area contributed by atoms with Gasteiger partial charge in [-0.15, -0.1) is 0 Å². The summed E-state index contributed by atoms with van der Waals surface area (Å²) in [5.41, 5.74) is 0. The molecule has 0 aliphatic rings. The molecule has 3 N–H and O–H groups in total. The third kappa shape index (κ3) is 3.95. The summed E-state index contributed by atoms with van der Waals surface area (Å²) in [4.78, 5) is 10.9. The lowest BCUT2D eigenvalue weighted by atomic mass is 10.2.